The lowest BCUT2D eigenvalue weighted by molar-refractivity contribution is 0.286. The molecule has 0 bridgehead atoms. The van der Waals surface area contributed by atoms with Gasteiger partial charge in [-0.15, -0.1) is 0 Å². The van der Waals surface area contributed by atoms with Gasteiger partial charge in [0, 0.05) is 11.6 Å². The van der Waals surface area contributed by atoms with E-state index in [1.165, 1.54) is 11.1 Å². The number of methoxy groups -OCH3 is 1. The summed E-state index contributed by atoms with van der Waals surface area (Å²) in [4.78, 5) is 0. The van der Waals surface area contributed by atoms with Crippen LogP contribution in [-0.2, 0) is 0 Å². The van der Waals surface area contributed by atoms with Crippen molar-refractivity contribution in [2.75, 3.05) is 19.0 Å². The average Bonchev–Trinajstić information content (AvgIpc) is 2.32. The first-order valence-corrected chi connectivity index (χ1v) is 7.08. The fourth-order valence-corrected chi connectivity index (χ4v) is 2.79. The minimum atomic E-state index is 0.211. The number of rotatable bonds is 3. The summed E-state index contributed by atoms with van der Waals surface area (Å²) >= 11 is 0. The second kappa shape index (κ2) is 5.41. The molecule has 2 N–H and O–H groups in total. The highest BCUT2D eigenvalue weighted by molar-refractivity contribution is 5.60. The molecular formula is C16H26N2O. The topological polar surface area (TPSA) is 33.3 Å². The van der Waals surface area contributed by atoms with Gasteiger partial charge in [0.05, 0.1) is 12.8 Å². The first-order valence-electron chi connectivity index (χ1n) is 7.08. The molecule has 1 aliphatic rings. The van der Waals surface area contributed by atoms with Crippen LogP contribution in [0.4, 0.5) is 5.69 Å². The molecule has 0 amide bonds. The van der Waals surface area contributed by atoms with E-state index >= 15 is 0 Å². The highest BCUT2D eigenvalue weighted by Crippen LogP contribution is 2.30. The van der Waals surface area contributed by atoms with E-state index in [1.54, 1.807) is 7.11 Å². The Morgan fingerprint density at radius 1 is 1.26 bits per heavy atom. The van der Waals surface area contributed by atoms with Gasteiger partial charge < -0.3 is 15.4 Å². The number of hydrogen-bond donors (Lipinski definition) is 2. The molecule has 1 atom stereocenters. The van der Waals surface area contributed by atoms with E-state index in [-0.39, 0.29) is 5.54 Å². The Hall–Kier alpha value is -1.22. The van der Waals surface area contributed by atoms with E-state index < -0.39 is 0 Å². The van der Waals surface area contributed by atoms with E-state index in [4.69, 9.17) is 4.74 Å². The van der Waals surface area contributed by atoms with Crippen LogP contribution in [0.25, 0.3) is 0 Å². The number of piperidine rings is 1. The van der Waals surface area contributed by atoms with Crippen molar-refractivity contribution < 1.29 is 4.74 Å². The highest BCUT2D eigenvalue weighted by Gasteiger charge is 2.27. The van der Waals surface area contributed by atoms with Crippen LogP contribution >= 0.6 is 0 Å². The van der Waals surface area contributed by atoms with E-state index in [9.17, 15) is 0 Å². The molecule has 0 spiro atoms. The first-order chi connectivity index (χ1) is 8.91. The van der Waals surface area contributed by atoms with Crippen molar-refractivity contribution in [3.63, 3.8) is 0 Å². The summed E-state index contributed by atoms with van der Waals surface area (Å²) in [7, 11) is 1.74. The standard InChI is InChI=1S/C16H26N2O/c1-11-8-14(15(19-5)9-12(11)2)18-13-6-7-17-16(3,4)10-13/h8-9,13,17-18H,6-7,10H2,1-5H3. The third-order valence-corrected chi connectivity index (χ3v) is 4.03. The van der Waals surface area contributed by atoms with Crippen LogP contribution in [0.5, 0.6) is 5.75 Å². The van der Waals surface area contributed by atoms with Crippen molar-refractivity contribution in [1.82, 2.24) is 5.32 Å². The Balaban J connectivity index is 2.16. The summed E-state index contributed by atoms with van der Waals surface area (Å²) in [6.45, 7) is 9.86. The number of hydrogen-bond acceptors (Lipinski definition) is 3. The maximum atomic E-state index is 5.50. The van der Waals surface area contributed by atoms with Gasteiger partial charge >= 0.3 is 0 Å². The monoisotopic (exact) mass is 262 g/mol. The average molecular weight is 262 g/mol. The van der Waals surface area contributed by atoms with Crippen LogP contribution in [0.3, 0.4) is 0 Å². The number of aryl methyl sites for hydroxylation is 2. The van der Waals surface area contributed by atoms with Gasteiger partial charge in [0.1, 0.15) is 5.75 Å². The maximum Gasteiger partial charge on any atom is 0.142 e. The van der Waals surface area contributed by atoms with Gasteiger partial charge in [-0.1, -0.05) is 0 Å². The van der Waals surface area contributed by atoms with Gasteiger partial charge in [-0.3, -0.25) is 0 Å². The van der Waals surface area contributed by atoms with Crippen molar-refractivity contribution in [1.29, 1.82) is 0 Å². The third-order valence-electron chi connectivity index (χ3n) is 4.03. The van der Waals surface area contributed by atoms with Crippen molar-refractivity contribution >= 4 is 5.69 Å². The van der Waals surface area contributed by atoms with Crippen LogP contribution in [0.2, 0.25) is 0 Å². The van der Waals surface area contributed by atoms with Crippen molar-refractivity contribution in [2.24, 2.45) is 0 Å². The molecule has 0 saturated carbocycles. The van der Waals surface area contributed by atoms with Gasteiger partial charge in [-0.25, -0.2) is 0 Å². The van der Waals surface area contributed by atoms with Gasteiger partial charge in [0.2, 0.25) is 0 Å². The van der Waals surface area contributed by atoms with Crippen LogP contribution in [-0.4, -0.2) is 25.2 Å². The zero-order chi connectivity index (χ0) is 14.0. The molecule has 1 heterocycles. The SMILES string of the molecule is COc1cc(C)c(C)cc1NC1CCNC(C)(C)C1. The summed E-state index contributed by atoms with van der Waals surface area (Å²) in [5.41, 5.74) is 3.90. The minimum absolute atomic E-state index is 0.211. The molecule has 0 aromatic heterocycles. The predicted octanol–water partition coefficient (Wildman–Crippen LogP) is 3.25. The van der Waals surface area contributed by atoms with E-state index in [0.717, 1.165) is 30.8 Å². The van der Waals surface area contributed by atoms with E-state index in [1.807, 2.05) is 0 Å². The summed E-state index contributed by atoms with van der Waals surface area (Å²) in [5.74, 6) is 0.944. The molecule has 1 fully saturated rings. The second-order valence-corrected chi connectivity index (χ2v) is 6.28. The maximum absolute atomic E-state index is 5.50. The Morgan fingerprint density at radius 2 is 1.95 bits per heavy atom. The highest BCUT2D eigenvalue weighted by atomic mass is 16.5. The molecule has 0 radical (unpaired) electrons. The van der Waals surface area contributed by atoms with Crippen molar-refractivity contribution in [3.05, 3.63) is 23.3 Å². The van der Waals surface area contributed by atoms with Crippen molar-refractivity contribution in [3.8, 4) is 5.75 Å². The normalized spacial score (nSPS) is 22.1. The zero-order valence-corrected chi connectivity index (χ0v) is 12.8. The summed E-state index contributed by atoms with van der Waals surface area (Å²) in [5, 5.41) is 7.21. The van der Waals surface area contributed by atoms with Crippen molar-refractivity contribution in [2.45, 2.75) is 52.1 Å². The number of anilines is 1. The molecule has 1 aromatic carbocycles. The Bertz CT molecular complexity index is 454. The molecule has 1 aliphatic heterocycles. The quantitative estimate of drug-likeness (QED) is 0.877. The number of benzene rings is 1. The van der Waals surface area contributed by atoms with Gasteiger partial charge in [0.15, 0.2) is 0 Å². The van der Waals surface area contributed by atoms with Crippen LogP contribution < -0.4 is 15.4 Å². The lowest BCUT2D eigenvalue weighted by Gasteiger charge is -2.37. The van der Waals surface area contributed by atoms with Gasteiger partial charge in [-0.2, -0.15) is 0 Å². The fourth-order valence-electron chi connectivity index (χ4n) is 2.79. The predicted molar refractivity (Wildman–Crippen MR) is 81.2 cm³/mol. The summed E-state index contributed by atoms with van der Waals surface area (Å²) < 4.78 is 5.50. The molecule has 3 nitrogen and oxygen atoms in total. The molecule has 2 rings (SSSR count). The van der Waals surface area contributed by atoms with Crippen LogP contribution in [0, 0.1) is 13.8 Å². The Kier molecular flexibility index (Phi) is 4.04. The smallest absolute Gasteiger partial charge is 0.142 e. The Morgan fingerprint density at radius 3 is 2.58 bits per heavy atom. The first kappa shape index (κ1) is 14.2. The van der Waals surface area contributed by atoms with E-state index in [0.29, 0.717) is 6.04 Å². The van der Waals surface area contributed by atoms with E-state index in [2.05, 4.69) is 50.5 Å². The minimum Gasteiger partial charge on any atom is -0.495 e. The van der Waals surface area contributed by atoms with Gasteiger partial charge in [0.25, 0.3) is 0 Å². The third kappa shape index (κ3) is 3.41. The molecular weight excluding hydrogens is 236 g/mol. The second-order valence-electron chi connectivity index (χ2n) is 6.28. The largest absolute Gasteiger partial charge is 0.495 e. The Labute approximate surface area is 116 Å². The molecule has 1 saturated heterocycles. The molecule has 3 heteroatoms. The number of ether oxygens (including phenoxy) is 1. The summed E-state index contributed by atoms with van der Waals surface area (Å²) in [6, 6.07) is 4.82. The van der Waals surface area contributed by atoms with Crippen LogP contribution in [0.15, 0.2) is 12.1 Å². The van der Waals surface area contributed by atoms with Gasteiger partial charge in [-0.05, 0) is 70.3 Å². The lowest BCUT2D eigenvalue weighted by atomic mass is 9.89. The number of nitrogens with one attached hydrogen (secondary N) is 2. The summed E-state index contributed by atoms with van der Waals surface area (Å²) in [6.07, 6.45) is 2.28. The molecule has 0 aliphatic carbocycles. The molecule has 1 unspecified atom stereocenters. The fraction of sp³-hybridized carbons (Fsp3) is 0.625. The molecule has 19 heavy (non-hydrogen) atoms. The zero-order valence-electron chi connectivity index (χ0n) is 12.8. The lowest BCUT2D eigenvalue weighted by Crippen LogP contribution is -2.50. The van der Waals surface area contributed by atoms with Crippen LogP contribution in [0.1, 0.15) is 37.8 Å². The molecule has 1 aromatic rings. The molecule has 106 valence electrons.